The van der Waals surface area contributed by atoms with Gasteiger partial charge in [-0.1, -0.05) is 30.7 Å². The van der Waals surface area contributed by atoms with Gasteiger partial charge in [0, 0.05) is 18.7 Å². The highest BCUT2D eigenvalue weighted by molar-refractivity contribution is 6.33. The highest BCUT2D eigenvalue weighted by Gasteiger charge is 2.24. The molecule has 1 amide bonds. The molecular weight excluding hydrogens is 316 g/mol. The fourth-order valence-corrected chi connectivity index (χ4v) is 2.87. The number of nitrogens with zero attached hydrogens (tertiary/aromatic N) is 4. The molecule has 0 unspecified atom stereocenters. The second-order valence-corrected chi connectivity index (χ2v) is 5.87. The van der Waals surface area contributed by atoms with Crippen LogP contribution in [-0.4, -0.2) is 51.4 Å². The minimum absolute atomic E-state index is 0.0190. The first-order chi connectivity index (χ1) is 11.2. The van der Waals surface area contributed by atoms with E-state index in [1.54, 1.807) is 10.7 Å². The van der Waals surface area contributed by atoms with Crippen LogP contribution in [0.15, 0.2) is 30.6 Å². The van der Waals surface area contributed by atoms with Crippen LogP contribution < -0.4 is 0 Å². The topological polar surface area (TPSA) is 60.2 Å². The van der Waals surface area contributed by atoms with Crippen molar-refractivity contribution in [2.24, 2.45) is 0 Å². The summed E-state index contributed by atoms with van der Waals surface area (Å²) in [4.78, 5) is 18.6. The molecule has 1 atom stereocenters. The van der Waals surface area contributed by atoms with Crippen molar-refractivity contribution < 1.29 is 9.53 Å². The van der Waals surface area contributed by atoms with Crippen LogP contribution in [-0.2, 0) is 16.1 Å². The predicted molar refractivity (Wildman–Crippen MR) is 87.1 cm³/mol. The number of aromatic nitrogens is 3. The van der Waals surface area contributed by atoms with Gasteiger partial charge in [0.2, 0.25) is 5.91 Å². The van der Waals surface area contributed by atoms with Crippen LogP contribution in [0.2, 0.25) is 5.02 Å². The molecule has 2 heterocycles. The Bertz CT molecular complexity index is 688. The summed E-state index contributed by atoms with van der Waals surface area (Å²) < 4.78 is 7.20. The molecule has 0 radical (unpaired) electrons. The van der Waals surface area contributed by atoms with E-state index in [1.165, 1.54) is 6.33 Å². The van der Waals surface area contributed by atoms with Crippen LogP contribution >= 0.6 is 11.6 Å². The monoisotopic (exact) mass is 334 g/mol. The number of rotatable bonds is 4. The van der Waals surface area contributed by atoms with Gasteiger partial charge in [-0.05, 0) is 18.6 Å². The molecule has 1 aliphatic heterocycles. The van der Waals surface area contributed by atoms with Gasteiger partial charge in [0.1, 0.15) is 12.9 Å². The van der Waals surface area contributed by atoms with Crippen LogP contribution in [0.5, 0.6) is 0 Å². The number of hydrogen-bond acceptors (Lipinski definition) is 4. The van der Waals surface area contributed by atoms with E-state index >= 15 is 0 Å². The van der Waals surface area contributed by atoms with Gasteiger partial charge in [-0.25, -0.2) is 9.67 Å². The Labute approximate surface area is 140 Å². The molecule has 7 heteroatoms. The van der Waals surface area contributed by atoms with Crippen molar-refractivity contribution in [1.82, 2.24) is 19.7 Å². The van der Waals surface area contributed by atoms with Gasteiger partial charge in [-0.15, -0.1) is 0 Å². The number of halogens is 1. The average Bonchev–Trinajstić information content (AvgIpc) is 3.03. The van der Waals surface area contributed by atoms with Gasteiger partial charge in [-0.2, -0.15) is 5.10 Å². The molecule has 6 nitrogen and oxygen atoms in total. The van der Waals surface area contributed by atoms with E-state index in [2.05, 4.69) is 17.0 Å². The largest absolute Gasteiger partial charge is 0.375 e. The Kier molecular flexibility index (Phi) is 4.93. The normalized spacial score (nSPS) is 18.2. The number of amides is 1. The predicted octanol–water partition coefficient (Wildman–Crippen LogP) is 2.24. The van der Waals surface area contributed by atoms with Gasteiger partial charge in [-0.3, -0.25) is 4.79 Å². The molecule has 0 spiro atoms. The minimum Gasteiger partial charge on any atom is -0.375 e. The summed E-state index contributed by atoms with van der Waals surface area (Å²) in [7, 11) is 0. The van der Waals surface area contributed by atoms with E-state index in [0.29, 0.717) is 30.5 Å². The number of ether oxygens (including phenoxy) is 1. The smallest absolute Gasteiger partial charge is 0.244 e. The minimum atomic E-state index is 0.0190. The molecular formula is C16H19ClN4O2. The molecule has 1 aromatic carbocycles. The van der Waals surface area contributed by atoms with Gasteiger partial charge in [0.15, 0.2) is 5.82 Å². The van der Waals surface area contributed by atoms with E-state index in [-0.39, 0.29) is 18.6 Å². The molecule has 122 valence electrons. The molecule has 1 fully saturated rings. The third-order valence-electron chi connectivity index (χ3n) is 3.96. The Hall–Kier alpha value is -1.92. The summed E-state index contributed by atoms with van der Waals surface area (Å²) in [5, 5.41) is 4.77. The Balaban J connectivity index is 1.75. The summed E-state index contributed by atoms with van der Waals surface area (Å²) in [6.07, 6.45) is 2.46. The Morgan fingerprint density at radius 1 is 1.43 bits per heavy atom. The first-order valence-electron chi connectivity index (χ1n) is 7.71. The van der Waals surface area contributed by atoms with Crippen LogP contribution in [0.1, 0.15) is 13.3 Å². The van der Waals surface area contributed by atoms with Crippen LogP contribution in [0.25, 0.3) is 11.4 Å². The summed E-state index contributed by atoms with van der Waals surface area (Å²) in [6.45, 7) is 4.04. The standard InChI is InChI=1S/C16H19ClN4O2/c1-2-12-9-20(7-8-23-12)15(22)10-21-16(18-11-19-21)13-5-3-4-6-14(13)17/h3-6,11-12H,2,7-10H2,1H3/t12-/m0/s1. The van der Waals surface area contributed by atoms with Crippen molar-refractivity contribution in [2.75, 3.05) is 19.7 Å². The quantitative estimate of drug-likeness (QED) is 0.860. The van der Waals surface area contributed by atoms with E-state index in [0.717, 1.165) is 12.0 Å². The zero-order valence-corrected chi connectivity index (χ0v) is 13.7. The van der Waals surface area contributed by atoms with Crippen LogP contribution in [0.3, 0.4) is 0 Å². The molecule has 3 rings (SSSR count). The van der Waals surface area contributed by atoms with E-state index < -0.39 is 0 Å². The van der Waals surface area contributed by atoms with Crippen molar-refractivity contribution in [3.63, 3.8) is 0 Å². The Morgan fingerprint density at radius 3 is 3.04 bits per heavy atom. The maximum Gasteiger partial charge on any atom is 0.244 e. The number of benzene rings is 1. The molecule has 1 aliphatic rings. The van der Waals surface area contributed by atoms with Crippen LogP contribution in [0, 0.1) is 0 Å². The first-order valence-corrected chi connectivity index (χ1v) is 8.09. The fourth-order valence-electron chi connectivity index (χ4n) is 2.65. The van der Waals surface area contributed by atoms with Gasteiger partial charge < -0.3 is 9.64 Å². The lowest BCUT2D eigenvalue weighted by atomic mass is 10.2. The third-order valence-corrected chi connectivity index (χ3v) is 4.29. The maximum atomic E-state index is 12.5. The zero-order chi connectivity index (χ0) is 16.2. The summed E-state index contributed by atoms with van der Waals surface area (Å²) >= 11 is 6.22. The average molecular weight is 335 g/mol. The van der Waals surface area contributed by atoms with Gasteiger partial charge >= 0.3 is 0 Å². The Morgan fingerprint density at radius 2 is 2.26 bits per heavy atom. The molecule has 0 bridgehead atoms. The molecule has 23 heavy (non-hydrogen) atoms. The number of carbonyl (C=O) groups excluding carboxylic acids is 1. The van der Waals surface area contributed by atoms with Gasteiger partial charge in [0.25, 0.3) is 0 Å². The van der Waals surface area contributed by atoms with Gasteiger partial charge in [0.05, 0.1) is 17.7 Å². The SMILES string of the molecule is CC[C@H]1CN(C(=O)Cn2ncnc2-c2ccccc2Cl)CCO1. The molecule has 0 saturated carbocycles. The maximum absolute atomic E-state index is 12.5. The van der Waals surface area contributed by atoms with E-state index in [9.17, 15) is 4.79 Å². The second-order valence-electron chi connectivity index (χ2n) is 5.46. The number of hydrogen-bond donors (Lipinski definition) is 0. The lowest BCUT2D eigenvalue weighted by molar-refractivity contribution is -0.139. The van der Waals surface area contributed by atoms with Crippen LogP contribution in [0.4, 0.5) is 0 Å². The molecule has 1 aromatic heterocycles. The van der Waals surface area contributed by atoms with Crippen molar-refractivity contribution in [1.29, 1.82) is 0 Å². The third kappa shape index (κ3) is 3.54. The van der Waals surface area contributed by atoms with Crippen molar-refractivity contribution in [3.8, 4) is 11.4 Å². The zero-order valence-electron chi connectivity index (χ0n) is 13.0. The van der Waals surface area contributed by atoms with Crippen molar-refractivity contribution >= 4 is 17.5 Å². The number of carbonyl (C=O) groups is 1. The fraction of sp³-hybridized carbons (Fsp3) is 0.438. The molecule has 1 saturated heterocycles. The molecule has 0 aliphatic carbocycles. The highest BCUT2D eigenvalue weighted by Crippen LogP contribution is 2.25. The lowest BCUT2D eigenvalue weighted by Gasteiger charge is -2.32. The highest BCUT2D eigenvalue weighted by atomic mass is 35.5. The lowest BCUT2D eigenvalue weighted by Crippen LogP contribution is -2.46. The second kappa shape index (κ2) is 7.10. The number of morpholine rings is 1. The summed E-state index contributed by atoms with van der Waals surface area (Å²) in [5.41, 5.74) is 0.771. The summed E-state index contributed by atoms with van der Waals surface area (Å²) in [5.74, 6) is 0.620. The molecule has 2 aromatic rings. The van der Waals surface area contributed by atoms with Crippen molar-refractivity contribution in [3.05, 3.63) is 35.6 Å². The molecule has 0 N–H and O–H groups in total. The summed E-state index contributed by atoms with van der Waals surface area (Å²) in [6, 6.07) is 7.41. The first kappa shape index (κ1) is 16.0. The van der Waals surface area contributed by atoms with E-state index in [1.807, 2.05) is 23.1 Å². The van der Waals surface area contributed by atoms with E-state index in [4.69, 9.17) is 16.3 Å². The van der Waals surface area contributed by atoms with Crippen molar-refractivity contribution in [2.45, 2.75) is 26.0 Å².